The van der Waals surface area contributed by atoms with Crippen LogP contribution in [0.2, 0.25) is 0 Å². The molecule has 2 heterocycles. The Labute approximate surface area is 217 Å². The van der Waals surface area contributed by atoms with Crippen LogP contribution in [-0.2, 0) is 17.8 Å². The lowest BCUT2D eigenvalue weighted by atomic mass is 10.0. The summed E-state index contributed by atoms with van der Waals surface area (Å²) >= 11 is 0. The van der Waals surface area contributed by atoms with Crippen LogP contribution >= 0.6 is 17.0 Å². The number of halogens is 1. The number of aryl methyl sites for hydroxylation is 2. The SMILES string of the molecule is Br.Cc1ccc(CC(C(=O)N2CCCC2)n2c(=N)n(Cc3ccc(C)cc3)c3ccccc32)cc1. The minimum atomic E-state index is -0.447. The number of amides is 1. The molecule has 5 nitrogen and oxygen atoms in total. The highest BCUT2D eigenvalue weighted by Gasteiger charge is 2.30. The Balaban J connectivity index is 0.00000289. The van der Waals surface area contributed by atoms with E-state index in [1.54, 1.807) is 0 Å². The number of fused-ring (bicyclic) bond motifs is 1. The van der Waals surface area contributed by atoms with E-state index in [9.17, 15) is 10.2 Å². The molecule has 0 aliphatic carbocycles. The van der Waals surface area contributed by atoms with Gasteiger partial charge in [0.25, 0.3) is 0 Å². The predicted octanol–water partition coefficient (Wildman–Crippen LogP) is 5.57. The minimum Gasteiger partial charge on any atom is -0.341 e. The van der Waals surface area contributed by atoms with Crippen molar-refractivity contribution in [1.82, 2.24) is 14.0 Å². The average molecular weight is 534 g/mol. The normalized spacial score (nSPS) is 14.2. The van der Waals surface area contributed by atoms with Gasteiger partial charge in [0.2, 0.25) is 11.5 Å². The summed E-state index contributed by atoms with van der Waals surface area (Å²) in [4.78, 5) is 15.8. The van der Waals surface area contributed by atoms with E-state index in [2.05, 4.69) is 68.4 Å². The fourth-order valence-corrected chi connectivity index (χ4v) is 4.99. The van der Waals surface area contributed by atoms with Crippen molar-refractivity contribution in [2.45, 2.75) is 45.7 Å². The van der Waals surface area contributed by atoms with Gasteiger partial charge in [-0.25, -0.2) is 0 Å². The van der Waals surface area contributed by atoms with E-state index >= 15 is 0 Å². The first-order valence-corrected chi connectivity index (χ1v) is 12.2. The topological polar surface area (TPSA) is 54.0 Å². The van der Waals surface area contributed by atoms with Crippen molar-refractivity contribution >= 4 is 33.9 Å². The summed E-state index contributed by atoms with van der Waals surface area (Å²) in [6.45, 7) is 6.37. The zero-order valence-electron chi connectivity index (χ0n) is 20.4. The molecule has 0 saturated carbocycles. The molecule has 182 valence electrons. The first kappa shape index (κ1) is 25.0. The van der Waals surface area contributed by atoms with Crippen LogP contribution < -0.4 is 5.62 Å². The van der Waals surface area contributed by atoms with Gasteiger partial charge in [0.1, 0.15) is 6.04 Å². The minimum absolute atomic E-state index is 0. The Morgan fingerprint density at radius 2 is 1.37 bits per heavy atom. The van der Waals surface area contributed by atoms with Crippen LogP contribution in [0.4, 0.5) is 0 Å². The molecule has 1 aliphatic heterocycles. The summed E-state index contributed by atoms with van der Waals surface area (Å²) in [7, 11) is 0. The van der Waals surface area contributed by atoms with Gasteiger partial charge in [-0.05, 0) is 49.9 Å². The van der Waals surface area contributed by atoms with Gasteiger partial charge in [-0.15, -0.1) is 17.0 Å². The van der Waals surface area contributed by atoms with E-state index in [-0.39, 0.29) is 22.9 Å². The van der Waals surface area contributed by atoms with Crippen LogP contribution in [0.5, 0.6) is 0 Å². The predicted molar refractivity (Wildman–Crippen MR) is 146 cm³/mol. The molecule has 1 amide bonds. The molecule has 35 heavy (non-hydrogen) atoms. The molecule has 1 atom stereocenters. The number of likely N-dealkylation sites (tertiary alicyclic amines) is 1. The highest BCUT2D eigenvalue weighted by atomic mass is 79.9. The van der Waals surface area contributed by atoms with E-state index in [1.807, 2.05) is 32.2 Å². The fourth-order valence-electron chi connectivity index (χ4n) is 4.99. The van der Waals surface area contributed by atoms with Crippen molar-refractivity contribution in [3.63, 3.8) is 0 Å². The maximum Gasteiger partial charge on any atom is 0.246 e. The Morgan fingerprint density at radius 1 is 0.829 bits per heavy atom. The standard InChI is InChI=1S/C29H32N4O.BrH/c1-21-9-13-23(14-10-21)19-27(28(34)31-17-5-6-18-31)33-26-8-4-3-7-25(26)32(29(33)30)20-24-15-11-22(2)12-16-24;/h3-4,7-16,27,30H,5-6,17-20H2,1-2H3;1H. The van der Waals surface area contributed by atoms with E-state index in [1.165, 1.54) is 11.1 Å². The van der Waals surface area contributed by atoms with Crippen LogP contribution in [0.3, 0.4) is 0 Å². The van der Waals surface area contributed by atoms with Gasteiger partial charge >= 0.3 is 0 Å². The lowest BCUT2D eigenvalue weighted by Crippen LogP contribution is -2.40. The number of rotatable bonds is 6. The van der Waals surface area contributed by atoms with Gasteiger partial charge in [-0.3, -0.25) is 14.8 Å². The monoisotopic (exact) mass is 532 g/mol. The van der Waals surface area contributed by atoms with Crippen molar-refractivity contribution in [2.75, 3.05) is 13.1 Å². The number of imidazole rings is 1. The van der Waals surface area contributed by atoms with Gasteiger partial charge in [0.15, 0.2) is 0 Å². The first-order chi connectivity index (χ1) is 16.5. The molecule has 1 unspecified atom stereocenters. The second-order valence-electron chi connectivity index (χ2n) is 9.49. The number of nitrogens with zero attached hydrogens (tertiary/aromatic N) is 3. The zero-order chi connectivity index (χ0) is 23.7. The molecule has 1 aromatic heterocycles. The van der Waals surface area contributed by atoms with E-state index in [4.69, 9.17) is 0 Å². The van der Waals surface area contributed by atoms with Gasteiger partial charge in [0.05, 0.1) is 17.6 Å². The summed E-state index contributed by atoms with van der Waals surface area (Å²) in [5.41, 5.74) is 6.97. The number of carbonyl (C=O) groups excluding carboxylic acids is 1. The second kappa shape index (κ2) is 10.6. The third kappa shape index (κ3) is 5.13. The number of hydrogen-bond acceptors (Lipinski definition) is 2. The molecule has 6 heteroatoms. The van der Waals surface area contributed by atoms with Crippen molar-refractivity contribution in [3.8, 4) is 0 Å². The maximum atomic E-state index is 13.8. The Kier molecular flexibility index (Phi) is 7.60. The maximum absolute atomic E-state index is 13.8. The smallest absolute Gasteiger partial charge is 0.246 e. The lowest BCUT2D eigenvalue weighted by molar-refractivity contribution is -0.133. The van der Waals surface area contributed by atoms with Gasteiger partial charge in [-0.2, -0.15) is 0 Å². The van der Waals surface area contributed by atoms with Gasteiger partial charge in [-0.1, -0.05) is 71.8 Å². The van der Waals surface area contributed by atoms with Crippen LogP contribution in [0, 0.1) is 19.3 Å². The summed E-state index contributed by atoms with van der Waals surface area (Å²) in [5.74, 6) is 0.120. The third-order valence-corrected chi connectivity index (χ3v) is 6.94. The van der Waals surface area contributed by atoms with Gasteiger partial charge < -0.3 is 9.47 Å². The molecule has 0 radical (unpaired) electrons. The van der Waals surface area contributed by atoms with E-state index in [0.29, 0.717) is 18.6 Å². The number of para-hydroxylation sites is 2. The first-order valence-electron chi connectivity index (χ1n) is 12.2. The summed E-state index contributed by atoms with van der Waals surface area (Å²) < 4.78 is 3.99. The molecule has 1 N–H and O–H groups in total. The number of hydrogen-bond donors (Lipinski definition) is 1. The lowest BCUT2D eigenvalue weighted by Gasteiger charge is -2.25. The number of aromatic nitrogens is 2. The Bertz CT molecular complexity index is 1360. The largest absolute Gasteiger partial charge is 0.341 e. The van der Waals surface area contributed by atoms with Gasteiger partial charge in [0, 0.05) is 19.5 Å². The van der Waals surface area contributed by atoms with E-state index in [0.717, 1.165) is 48.1 Å². The Morgan fingerprint density at radius 3 is 1.97 bits per heavy atom. The van der Waals surface area contributed by atoms with Crippen LogP contribution in [-0.4, -0.2) is 33.0 Å². The molecule has 5 rings (SSSR count). The molecule has 0 bridgehead atoms. The highest BCUT2D eigenvalue weighted by Crippen LogP contribution is 2.25. The van der Waals surface area contributed by atoms with Crippen molar-refractivity contribution in [1.29, 1.82) is 5.41 Å². The highest BCUT2D eigenvalue weighted by molar-refractivity contribution is 8.93. The number of benzene rings is 3. The molecule has 1 fully saturated rings. The summed E-state index contributed by atoms with van der Waals surface area (Å²) in [6.07, 6.45) is 2.68. The summed E-state index contributed by atoms with van der Waals surface area (Å²) in [5, 5.41) is 9.22. The zero-order valence-corrected chi connectivity index (χ0v) is 22.1. The molecule has 3 aromatic carbocycles. The number of nitrogens with one attached hydrogen (secondary N) is 1. The fraction of sp³-hybridized carbons (Fsp3) is 0.310. The van der Waals surface area contributed by atoms with Crippen molar-refractivity contribution in [2.24, 2.45) is 0 Å². The number of carbonyl (C=O) groups is 1. The molecule has 1 aliphatic rings. The van der Waals surface area contributed by atoms with Crippen molar-refractivity contribution < 1.29 is 4.79 Å². The van der Waals surface area contributed by atoms with Crippen LogP contribution in [0.15, 0.2) is 72.8 Å². The molecule has 1 saturated heterocycles. The molecular formula is C29H33BrN4O. The van der Waals surface area contributed by atoms with Crippen LogP contribution in [0.1, 0.15) is 41.1 Å². The second-order valence-corrected chi connectivity index (χ2v) is 9.49. The van der Waals surface area contributed by atoms with Crippen molar-refractivity contribution in [3.05, 3.63) is 101 Å². The molecule has 0 spiro atoms. The average Bonchev–Trinajstić information content (AvgIpc) is 3.48. The molecular weight excluding hydrogens is 500 g/mol. The Hall–Kier alpha value is -3.12. The molecule has 4 aromatic rings. The van der Waals surface area contributed by atoms with E-state index < -0.39 is 6.04 Å². The third-order valence-electron chi connectivity index (χ3n) is 6.94. The quantitative estimate of drug-likeness (QED) is 0.346. The summed E-state index contributed by atoms with van der Waals surface area (Å²) in [6, 6.07) is 24.5. The van der Waals surface area contributed by atoms with Crippen LogP contribution in [0.25, 0.3) is 11.0 Å².